The average Bonchev–Trinajstić information content (AvgIpc) is 2.83. The van der Waals surface area contributed by atoms with Crippen molar-refractivity contribution >= 4 is 16.0 Å². The Labute approximate surface area is 239 Å². The van der Waals surface area contributed by atoms with Gasteiger partial charge in [0.1, 0.15) is 0 Å². The maximum absolute atomic E-state index is 13.1. The zero-order chi connectivity index (χ0) is 35.9. The lowest BCUT2D eigenvalue weighted by atomic mass is 9.91. The van der Waals surface area contributed by atoms with Gasteiger partial charge in [-0.3, -0.25) is 4.79 Å². The number of unbranched alkanes of at least 4 members (excludes halogenated alkanes) is 9. The standard InChI is InChI=1S/C13H26O2.C8H2F17NO2S/c1-2-3-4-5-6-7-8-9-10-11-12-13(14)15;9-1(10,3(13,14)5(17,18)7(21,22)23)2(11,12)4(15,16)6(19,20)8(24,25)29(26,27)28/h2-12H2,1H3,(H,14,15);(H2,26,27,28). The fraction of sp³-hybridized carbons (Fsp3) is 0.952. The molecule has 0 aliphatic rings. The molecule has 3 N–H and O–H groups in total. The first-order valence-corrected chi connectivity index (χ1v) is 13.8. The summed E-state index contributed by atoms with van der Waals surface area (Å²) in [6.45, 7) is 2.24. The van der Waals surface area contributed by atoms with E-state index in [1.54, 1.807) is 0 Å². The van der Waals surface area contributed by atoms with E-state index >= 15 is 0 Å². The molecule has 0 aromatic carbocycles. The number of nitrogens with two attached hydrogens (primary N) is 1. The Bertz CT molecular complexity index is 1010. The summed E-state index contributed by atoms with van der Waals surface area (Å²) in [6, 6.07) is 0. The van der Waals surface area contributed by atoms with Gasteiger partial charge in [-0.05, 0) is 6.42 Å². The summed E-state index contributed by atoms with van der Waals surface area (Å²) in [7, 11) is -7.39. The van der Waals surface area contributed by atoms with Gasteiger partial charge in [-0.1, -0.05) is 64.7 Å². The van der Waals surface area contributed by atoms with E-state index in [-0.39, 0.29) is 0 Å². The largest absolute Gasteiger partial charge is 0.481 e. The van der Waals surface area contributed by atoms with Crippen LogP contribution in [0.2, 0.25) is 0 Å². The van der Waals surface area contributed by atoms with Crippen LogP contribution in [0.1, 0.15) is 77.6 Å². The van der Waals surface area contributed by atoms with Crippen molar-refractivity contribution in [2.75, 3.05) is 0 Å². The van der Waals surface area contributed by atoms with Crippen LogP contribution in [0.25, 0.3) is 0 Å². The summed E-state index contributed by atoms with van der Waals surface area (Å²) in [4.78, 5) is 10.2. The highest BCUT2D eigenvalue weighted by molar-refractivity contribution is 7.90. The minimum Gasteiger partial charge on any atom is -0.481 e. The van der Waals surface area contributed by atoms with Crippen molar-refractivity contribution in [2.24, 2.45) is 5.14 Å². The van der Waals surface area contributed by atoms with E-state index < -0.39 is 63.0 Å². The molecule has 0 radical (unpaired) electrons. The Morgan fingerprint density at radius 3 is 1.07 bits per heavy atom. The molecule has 0 fully saturated rings. The van der Waals surface area contributed by atoms with Crippen LogP contribution < -0.4 is 5.14 Å². The maximum atomic E-state index is 13.1. The molecule has 0 rings (SSSR count). The maximum Gasteiger partial charge on any atom is 0.460 e. The van der Waals surface area contributed by atoms with Crippen LogP contribution in [0, 0.1) is 0 Å². The van der Waals surface area contributed by atoms with Gasteiger partial charge >= 0.3 is 52.9 Å². The number of hydrogen-bond acceptors (Lipinski definition) is 3. The molecule has 0 heterocycles. The molecule has 23 heteroatoms. The first-order valence-electron chi connectivity index (χ1n) is 12.2. The molecule has 266 valence electrons. The van der Waals surface area contributed by atoms with Crippen molar-refractivity contribution in [3.63, 3.8) is 0 Å². The minimum absolute atomic E-state index is 0.344. The van der Waals surface area contributed by atoms with E-state index in [9.17, 15) is 87.8 Å². The van der Waals surface area contributed by atoms with E-state index in [2.05, 4.69) is 12.1 Å². The van der Waals surface area contributed by atoms with Gasteiger partial charge in [0.05, 0.1) is 0 Å². The molecule has 0 unspecified atom stereocenters. The van der Waals surface area contributed by atoms with Crippen molar-refractivity contribution in [3.8, 4) is 0 Å². The van der Waals surface area contributed by atoms with Gasteiger partial charge < -0.3 is 5.11 Å². The second-order valence-corrected chi connectivity index (χ2v) is 10.9. The molecule has 5 nitrogen and oxygen atoms in total. The molecule has 0 atom stereocenters. The predicted molar refractivity (Wildman–Crippen MR) is 118 cm³/mol. The number of rotatable bonds is 18. The molecule has 0 aromatic rings. The Hall–Kier alpha value is -1.81. The highest BCUT2D eigenvalue weighted by atomic mass is 32.2. The number of aliphatic carboxylic acids is 1. The highest BCUT2D eigenvalue weighted by Crippen LogP contribution is 2.64. The minimum atomic E-state index is -8.84. The number of carboxylic acid groups (broad SMARTS) is 1. The number of alkyl halides is 17. The lowest BCUT2D eigenvalue weighted by Gasteiger charge is -2.42. The quantitative estimate of drug-likeness (QED) is 0.110. The molecule has 0 saturated heterocycles. The number of carbonyl (C=O) groups is 1. The normalized spacial score (nSPS) is 14.7. The number of halogens is 17. The molecule has 0 saturated carbocycles. The first kappa shape index (κ1) is 44.3. The van der Waals surface area contributed by atoms with Gasteiger partial charge in [0.25, 0.3) is 10.0 Å². The molecule has 0 bridgehead atoms. The van der Waals surface area contributed by atoms with Gasteiger partial charge in [-0.25, -0.2) is 13.6 Å². The second kappa shape index (κ2) is 15.2. The summed E-state index contributed by atoms with van der Waals surface area (Å²) in [5.74, 6) is -52.3. The monoisotopic (exact) mass is 713 g/mol. The van der Waals surface area contributed by atoms with Crippen LogP contribution in [0.4, 0.5) is 74.6 Å². The van der Waals surface area contributed by atoms with Crippen LogP contribution in [0.5, 0.6) is 0 Å². The summed E-state index contributed by atoms with van der Waals surface area (Å²) in [5, 5.41) is 4.14. The van der Waals surface area contributed by atoms with Gasteiger partial charge in [0.2, 0.25) is 0 Å². The molecule has 0 spiro atoms. The van der Waals surface area contributed by atoms with Gasteiger partial charge in [0, 0.05) is 6.42 Å². The molecular weight excluding hydrogens is 685 g/mol. The summed E-state index contributed by atoms with van der Waals surface area (Å²) >= 11 is 0. The number of primary sulfonamides is 1. The summed E-state index contributed by atoms with van der Waals surface area (Å²) in [6.07, 6.45) is 5.05. The Balaban J connectivity index is 0. The van der Waals surface area contributed by atoms with Crippen molar-refractivity contribution in [3.05, 3.63) is 0 Å². The molecule has 44 heavy (non-hydrogen) atoms. The average molecular weight is 713 g/mol. The van der Waals surface area contributed by atoms with Crippen molar-refractivity contribution in [1.29, 1.82) is 0 Å². The zero-order valence-electron chi connectivity index (χ0n) is 22.4. The first-order chi connectivity index (χ1) is 19.3. The van der Waals surface area contributed by atoms with Crippen LogP contribution in [0.3, 0.4) is 0 Å². The van der Waals surface area contributed by atoms with Crippen molar-refractivity contribution < 1.29 is 93.0 Å². The Morgan fingerprint density at radius 1 is 0.523 bits per heavy atom. The van der Waals surface area contributed by atoms with E-state index in [4.69, 9.17) is 5.11 Å². The van der Waals surface area contributed by atoms with Gasteiger partial charge in [0.15, 0.2) is 0 Å². The molecular formula is C21H28F17NO4S. The van der Waals surface area contributed by atoms with Crippen LogP contribution in [-0.2, 0) is 14.8 Å². The van der Waals surface area contributed by atoms with Crippen LogP contribution in [-0.4, -0.2) is 66.5 Å². The third kappa shape index (κ3) is 9.14. The smallest absolute Gasteiger partial charge is 0.460 e. The van der Waals surface area contributed by atoms with Crippen LogP contribution >= 0.6 is 0 Å². The molecule has 0 aliphatic heterocycles. The van der Waals surface area contributed by atoms with E-state index in [0.29, 0.717) is 6.42 Å². The van der Waals surface area contributed by atoms with E-state index in [1.807, 2.05) is 0 Å². The summed E-state index contributed by atoms with van der Waals surface area (Å²) in [5.41, 5.74) is 0. The number of hydrogen-bond donors (Lipinski definition) is 2. The number of sulfonamides is 1. The Kier molecular flexibility index (Phi) is 15.3. The highest BCUT2D eigenvalue weighted by Gasteiger charge is 2.96. The summed E-state index contributed by atoms with van der Waals surface area (Å²) < 4.78 is 236. The zero-order valence-corrected chi connectivity index (χ0v) is 23.2. The fourth-order valence-corrected chi connectivity index (χ4v) is 3.58. The molecule has 0 aromatic heterocycles. The lowest BCUT2D eigenvalue weighted by Crippen LogP contribution is -2.75. The lowest BCUT2D eigenvalue weighted by molar-refractivity contribution is -0.458. The topological polar surface area (TPSA) is 97.5 Å². The predicted octanol–water partition coefficient (Wildman–Crippen LogP) is 8.62. The van der Waals surface area contributed by atoms with E-state index in [0.717, 1.165) is 12.8 Å². The second-order valence-electron chi connectivity index (χ2n) is 9.33. The van der Waals surface area contributed by atoms with Gasteiger partial charge in [-0.2, -0.15) is 74.6 Å². The van der Waals surface area contributed by atoms with Gasteiger partial charge in [-0.15, -0.1) is 0 Å². The van der Waals surface area contributed by atoms with Crippen molar-refractivity contribution in [2.45, 2.75) is 125 Å². The number of carboxylic acids is 1. The molecule has 0 aliphatic carbocycles. The Morgan fingerprint density at radius 2 is 0.795 bits per heavy atom. The third-order valence-corrected chi connectivity index (χ3v) is 6.77. The SMILES string of the molecule is CCCCCCCCCCCCC(=O)O.NS(=O)(=O)C(F)(F)C(F)(F)C(F)(F)C(F)(F)C(F)(F)C(F)(F)C(F)(F)C(F)(F)F. The fourth-order valence-electron chi connectivity index (χ4n) is 3.09. The van der Waals surface area contributed by atoms with Crippen molar-refractivity contribution in [1.82, 2.24) is 0 Å². The third-order valence-electron chi connectivity index (χ3n) is 5.79. The van der Waals surface area contributed by atoms with Crippen LogP contribution in [0.15, 0.2) is 0 Å². The van der Waals surface area contributed by atoms with E-state index in [1.165, 1.54) is 51.4 Å². The molecule has 0 amide bonds.